The maximum atomic E-state index is 13.1. The average molecular weight is 478 g/mol. The zero-order valence-corrected chi connectivity index (χ0v) is 19.9. The van der Waals surface area contributed by atoms with Crippen molar-refractivity contribution < 1.29 is 19.2 Å². The highest BCUT2D eigenvalue weighted by molar-refractivity contribution is 5.98. The molecular formula is C26H31N5O4. The number of carbonyl (C=O) groups excluding carboxylic acids is 4. The van der Waals surface area contributed by atoms with Gasteiger partial charge in [-0.2, -0.15) is 0 Å². The number of Topliss-reactive ketones (excluding diaryl/α,β-unsaturated/α-hetero) is 1. The van der Waals surface area contributed by atoms with Gasteiger partial charge >= 0.3 is 0 Å². The zero-order valence-electron chi connectivity index (χ0n) is 19.9. The van der Waals surface area contributed by atoms with Gasteiger partial charge in [0.2, 0.25) is 17.7 Å². The number of ketones is 1. The van der Waals surface area contributed by atoms with Crippen LogP contribution in [-0.2, 0) is 14.4 Å². The summed E-state index contributed by atoms with van der Waals surface area (Å²) in [6.45, 7) is 5.60. The van der Waals surface area contributed by atoms with Crippen LogP contribution in [0, 0.1) is 0 Å². The largest absolute Gasteiger partial charge is 0.369 e. The first-order chi connectivity index (χ1) is 16.9. The Kier molecular flexibility index (Phi) is 7.77. The Morgan fingerprint density at radius 3 is 2.29 bits per heavy atom. The normalized spacial score (nSPS) is 18.7. The van der Waals surface area contributed by atoms with Crippen LogP contribution >= 0.6 is 0 Å². The van der Waals surface area contributed by atoms with E-state index < -0.39 is 6.04 Å². The van der Waals surface area contributed by atoms with Crippen LogP contribution in [0.5, 0.6) is 0 Å². The van der Waals surface area contributed by atoms with Gasteiger partial charge in [-0.3, -0.25) is 24.1 Å². The van der Waals surface area contributed by atoms with E-state index in [1.807, 2.05) is 18.2 Å². The number of hydrogen-bond acceptors (Lipinski definition) is 6. The van der Waals surface area contributed by atoms with E-state index in [4.69, 9.17) is 0 Å². The molecule has 9 heteroatoms. The third kappa shape index (κ3) is 6.24. The lowest BCUT2D eigenvalue weighted by Gasteiger charge is -2.39. The highest BCUT2D eigenvalue weighted by atomic mass is 16.2. The molecule has 2 fully saturated rings. The van der Waals surface area contributed by atoms with Crippen LogP contribution in [0.4, 0.5) is 11.4 Å². The van der Waals surface area contributed by atoms with E-state index in [1.165, 1.54) is 17.5 Å². The summed E-state index contributed by atoms with van der Waals surface area (Å²) in [6.07, 6.45) is -0.131. The number of nitrogens with zero attached hydrogens (tertiary/aromatic N) is 3. The number of rotatable bonds is 7. The fraction of sp³-hybridized carbons (Fsp3) is 0.385. The molecule has 2 N–H and O–H groups in total. The molecule has 2 aromatic carbocycles. The monoisotopic (exact) mass is 477 g/mol. The van der Waals surface area contributed by atoms with Crippen molar-refractivity contribution in [2.24, 2.45) is 0 Å². The Balaban J connectivity index is 1.32. The minimum absolute atomic E-state index is 0.0580. The average Bonchev–Trinajstić information content (AvgIpc) is 2.86. The second-order valence-electron chi connectivity index (χ2n) is 8.88. The van der Waals surface area contributed by atoms with Gasteiger partial charge in [-0.15, -0.1) is 0 Å². The van der Waals surface area contributed by atoms with E-state index in [0.717, 1.165) is 26.2 Å². The molecule has 0 saturated carbocycles. The fourth-order valence-corrected chi connectivity index (χ4v) is 4.48. The molecule has 9 nitrogen and oxygen atoms in total. The Labute approximate surface area is 205 Å². The minimum atomic E-state index is -0.849. The minimum Gasteiger partial charge on any atom is -0.369 e. The van der Waals surface area contributed by atoms with Crippen molar-refractivity contribution in [2.75, 3.05) is 56.0 Å². The molecule has 2 heterocycles. The molecule has 0 spiro atoms. The van der Waals surface area contributed by atoms with Crippen molar-refractivity contribution in [1.82, 2.24) is 15.1 Å². The van der Waals surface area contributed by atoms with E-state index in [1.54, 1.807) is 24.3 Å². The summed E-state index contributed by atoms with van der Waals surface area (Å²) in [4.78, 5) is 55.7. The molecule has 184 valence electrons. The van der Waals surface area contributed by atoms with Crippen molar-refractivity contribution in [3.63, 3.8) is 0 Å². The third-order valence-corrected chi connectivity index (χ3v) is 6.46. The molecule has 35 heavy (non-hydrogen) atoms. The summed E-state index contributed by atoms with van der Waals surface area (Å²) < 4.78 is 0. The predicted molar refractivity (Wildman–Crippen MR) is 133 cm³/mol. The van der Waals surface area contributed by atoms with Crippen LogP contribution in [0.1, 0.15) is 23.7 Å². The molecule has 3 amide bonds. The van der Waals surface area contributed by atoms with Crippen molar-refractivity contribution >= 4 is 34.9 Å². The van der Waals surface area contributed by atoms with Crippen LogP contribution in [0.25, 0.3) is 0 Å². The van der Waals surface area contributed by atoms with Crippen molar-refractivity contribution in [3.05, 3.63) is 60.2 Å². The van der Waals surface area contributed by atoms with E-state index in [0.29, 0.717) is 24.3 Å². The van der Waals surface area contributed by atoms with Gasteiger partial charge in [-0.25, -0.2) is 0 Å². The highest BCUT2D eigenvalue weighted by Crippen LogP contribution is 2.17. The Morgan fingerprint density at radius 1 is 0.943 bits per heavy atom. The molecule has 0 bridgehead atoms. The molecule has 2 saturated heterocycles. The number of anilines is 2. The number of nitrogens with one attached hydrogen (secondary N) is 2. The molecule has 1 atom stereocenters. The fourth-order valence-electron chi connectivity index (χ4n) is 4.48. The number of benzene rings is 2. The first-order valence-corrected chi connectivity index (χ1v) is 11.9. The number of amides is 3. The van der Waals surface area contributed by atoms with Crippen LogP contribution in [0.3, 0.4) is 0 Å². The first kappa shape index (κ1) is 24.4. The highest BCUT2D eigenvalue weighted by Gasteiger charge is 2.35. The van der Waals surface area contributed by atoms with E-state index >= 15 is 0 Å². The van der Waals surface area contributed by atoms with E-state index in [-0.39, 0.29) is 36.5 Å². The summed E-state index contributed by atoms with van der Waals surface area (Å²) in [5.41, 5.74) is 2.26. The second-order valence-corrected chi connectivity index (χ2v) is 8.88. The Morgan fingerprint density at radius 2 is 1.63 bits per heavy atom. The summed E-state index contributed by atoms with van der Waals surface area (Å²) in [5.74, 6) is -0.883. The number of para-hydroxylation sites is 1. The number of hydrogen-bond donors (Lipinski definition) is 2. The van der Waals surface area contributed by atoms with Gasteiger partial charge in [-0.05, 0) is 43.3 Å². The smallest absolute Gasteiger partial charge is 0.243 e. The Hall–Kier alpha value is -3.72. The van der Waals surface area contributed by atoms with Crippen LogP contribution < -0.4 is 15.5 Å². The van der Waals surface area contributed by atoms with E-state index in [9.17, 15) is 19.2 Å². The van der Waals surface area contributed by atoms with Gasteiger partial charge in [-0.1, -0.05) is 18.2 Å². The molecule has 2 aromatic rings. The maximum absolute atomic E-state index is 13.1. The number of carbonyl (C=O) groups is 4. The molecule has 0 unspecified atom stereocenters. The van der Waals surface area contributed by atoms with Crippen molar-refractivity contribution in [2.45, 2.75) is 19.4 Å². The number of piperazine rings is 2. The van der Waals surface area contributed by atoms with Crippen LogP contribution in [-0.4, -0.2) is 85.2 Å². The summed E-state index contributed by atoms with van der Waals surface area (Å²) >= 11 is 0. The van der Waals surface area contributed by atoms with E-state index in [2.05, 4.69) is 32.6 Å². The van der Waals surface area contributed by atoms with Gasteiger partial charge in [0.05, 0.1) is 13.0 Å². The zero-order chi connectivity index (χ0) is 24.8. The lowest BCUT2D eigenvalue weighted by molar-refractivity contribution is -0.145. The van der Waals surface area contributed by atoms with Gasteiger partial charge in [0.1, 0.15) is 6.04 Å². The van der Waals surface area contributed by atoms with Gasteiger partial charge in [0, 0.05) is 56.2 Å². The van der Waals surface area contributed by atoms with Crippen molar-refractivity contribution in [3.8, 4) is 0 Å². The quantitative estimate of drug-likeness (QED) is 0.584. The molecule has 2 aliphatic rings. The molecule has 0 aromatic heterocycles. The molecular weight excluding hydrogens is 446 g/mol. The van der Waals surface area contributed by atoms with Crippen LogP contribution in [0.15, 0.2) is 54.6 Å². The lowest BCUT2D eigenvalue weighted by atomic mass is 10.1. The summed E-state index contributed by atoms with van der Waals surface area (Å²) in [5, 5.41) is 5.52. The molecule has 0 aliphatic carbocycles. The first-order valence-electron chi connectivity index (χ1n) is 11.9. The topological polar surface area (TPSA) is 102 Å². The standard InChI is InChI=1S/C26H31N5O4/c1-19(32)20-7-9-21(10-8-20)28-24(33)17-23-26(35)27-11-12-31(23)25(34)18-29-13-15-30(16-14-29)22-5-3-2-4-6-22/h2-10,23H,11-18H2,1H3,(H,27,35)(H,28,33)/t23-/m1/s1. The molecule has 0 radical (unpaired) electrons. The van der Waals surface area contributed by atoms with Gasteiger partial charge in [0.15, 0.2) is 5.78 Å². The third-order valence-electron chi connectivity index (χ3n) is 6.46. The lowest BCUT2D eigenvalue weighted by Crippen LogP contribution is -2.60. The van der Waals surface area contributed by atoms with Crippen molar-refractivity contribution in [1.29, 1.82) is 0 Å². The summed E-state index contributed by atoms with van der Waals surface area (Å²) in [6, 6.07) is 15.9. The summed E-state index contributed by atoms with van der Waals surface area (Å²) in [7, 11) is 0. The Bertz CT molecular complexity index is 1060. The van der Waals surface area contributed by atoms with Gasteiger partial charge < -0.3 is 20.4 Å². The van der Waals surface area contributed by atoms with Gasteiger partial charge in [0.25, 0.3) is 0 Å². The molecule has 4 rings (SSSR count). The predicted octanol–water partition coefficient (Wildman–Crippen LogP) is 1.37. The second kappa shape index (κ2) is 11.1. The maximum Gasteiger partial charge on any atom is 0.243 e. The van der Waals surface area contributed by atoms with Crippen LogP contribution in [0.2, 0.25) is 0 Å². The molecule has 2 aliphatic heterocycles. The SMILES string of the molecule is CC(=O)c1ccc(NC(=O)C[C@@H]2C(=O)NCCN2C(=O)CN2CCN(c3ccccc3)CC2)cc1.